The highest BCUT2D eigenvalue weighted by Crippen LogP contribution is 2.22. The number of fused-ring (bicyclic) bond motifs is 1. The molecule has 3 aromatic carbocycles. The topological polar surface area (TPSA) is 75.5 Å². The van der Waals surface area contributed by atoms with Gasteiger partial charge in [0.15, 0.2) is 0 Å². The fourth-order valence-electron chi connectivity index (χ4n) is 3.46. The highest BCUT2D eigenvalue weighted by atomic mass is 35.5. The number of nitrogens with zero attached hydrogens (tertiary/aromatic N) is 2. The monoisotopic (exact) mass is 444 g/mol. The van der Waals surface area contributed by atoms with Crippen LogP contribution in [0.2, 0.25) is 5.02 Å². The second kappa shape index (κ2) is 9.49. The number of hydrogen-bond donors (Lipinski definition) is 2. The van der Waals surface area contributed by atoms with Crippen LogP contribution in [0.5, 0.6) is 0 Å². The molecular weight excluding hydrogens is 424 g/mol. The van der Waals surface area contributed by atoms with E-state index in [1.54, 1.807) is 30.5 Å². The Labute approximate surface area is 190 Å². The molecule has 0 fully saturated rings. The second-order valence-corrected chi connectivity index (χ2v) is 7.75. The van der Waals surface area contributed by atoms with Crippen LogP contribution in [0.4, 0.5) is 5.69 Å². The summed E-state index contributed by atoms with van der Waals surface area (Å²) in [4.78, 5) is 23.7. The molecule has 0 aliphatic rings. The van der Waals surface area contributed by atoms with Gasteiger partial charge in [0.05, 0.1) is 6.21 Å². The van der Waals surface area contributed by atoms with E-state index < -0.39 is 0 Å². The summed E-state index contributed by atoms with van der Waals surface area (Å²) in [5, 5.41) is 8.55. The fraction of sp³-hybridized carbons (Fsp3) is 0.0800. The highest BCUT2D eigenvalue weighted by molar-refractivity contribution is 6.30. The average molecular weight is 445 g/mol. The molecule has 0 radical (unpaired) electrons. The van der Waals surface area contributed by atoms with Gasteiger partial charge in [0.1, 0.15) is 0 Å². The van der Waals surface area contributed by atoms with Crippen LogP contribution < -0.4 is 10.7 Å². The van der Waals surface area contributed by atoms with Gasteiger partial charge in [-0.3, -0.25) is 9.59 Å². The smallest absolute Gasteiger partial charge is 0.271 e. The Morgan fingerprint density at radius 2 is 1.81 bits per heavy atom. The van der Waals surface area contributed by atoms with Crippen LogP contribution in [-0.4, -0.2) is 22.6 Å². The number of halogens is 1. The molecular formula is C25H21ClN4O2. The zero-order valence-corrected chi connectivity index (χ0v) is 18.1. The summed E-state index contributed by atoms with van der Waals surface area (Å²) >= 11 is 5.99. The number of nitrogens with one attached hydrogen (secondary N) is 2. The summed E-state index contributed by atoms with van der Waals surface area (Å²) in [5.74, 6) is -0.561. The van der Waals surface area contributed by atoms with Gasteiger partial charge in [-0.2, -0.15) is 5.10 Å². The number of aromatic nitrogens is 1. The first-order chi connectivity index (χ1) is 15.5. The number of amides is 2. The van der Waals surface area contributed by atoms with Gasteiger partial charge >= 0.3 is 0 Å². The Bertz CT molecular complexity index is 1310. The predicted molar refractivity (Wildman–Crippen MR) is 128 cm³/mol. The molecule has 7 heteroatoms. The van der Waals surface area contributed by atoms with E-state index >= 15 is 0 Å². The largest absolute Gasteiger partial charge is 0.342 e. The van der Waals surface area contributed by atoms with Crippen LogP contribution in [0.25, 0.3) is 10.9 Å². The second-order valence-electron chi connectivity index (χ2n) is 7.32. The molecule has 4 aromatic rings. The maximum atomic E-state index is 12.5. The maximum absolute atomic E-state index is 12.5. The summed E-state index contributed by atoms with van der Waals surface area (Å²) in [6, 6.07) is 22.5. The number of para-hydroxylation sites is 1. The third kappa shape index (κ3) is 5.04. The Hall–Kier alpha value is -3.90. The van der Waals surface area contributed by atoms with Crippen LogP contribution in [0, 0.1) is 0 Å². The Morgan fingerprint density at radius 1 is 1.03 bits per heavy atom. The van der Waals surface area contributed by atoms with Crippen molar-refractivity contribution in [2.75, 3.05) is 5.32 Å². The van der Waals surface area contributed by atoms with E-state index in [0.29, 0.717) is 22.8 Å². The molecule has 4 rings (SSSR count). The standard InChI is InChI=1S/C25H21ClN4O2/c1-17(31)28-22-6-4-5-19(13-22)25(32)29-27-14-20-16-30(24-8-3-2-7-23(20)24)15-18-9-11-21(26)12-10-18/h2-14,16H,15H2,1H3,(H,28,31)(H,29,32). The Kier molecular flexibility index (Phi) is 6.33. The number of hydrogen-bond acceptors (Lipinski definition) is 3. The first kappa shape index (κ1) is 21.3. The van der Waals surface area contributed by atoms with Gasteiger partial charge in [0, 0.05) is 52.4 Å². The van der Waals surface area contributed by atoms with Gasteiger partial charge in [0.25, 0.3) is 5.91 Å². The summed E-state index contributed by atoms with van der Waals surface area (Å²) in [6.07, 6.45) is 3.64. The zero-order chi connectivity index (χ0) is 22.5. The van der Waals surface area contributed by atoms with Gasteiger partial charge < -0.3 is 9.88 Å². The third-order valence-electron chi connectivity index (χ3n) is 4.90. The lowest BCUT2D eigenvalue weighted by Crippen LogP contribution is -2.18. The van der Waals surface area contributed by atoms with E-state index in [1.807, 2.05) is 48.7 Å². The van der Waals surface area contributed by atoms with E-state index in [4.69, 9.17) is 11.6 Å². The molecule has 0 unspecified atom stereocenters. The van der Waals surface area contributed by atoms with Crippen molar-refractivity contribution in [2.24, 2.45) is 5.10 Å². The minimum atomic E-state index is -0.363. The highest BCUT2D eigenvalue weighted by Gasteiger charge is 2.09. The minimum Gasteiger partial charge on any atom is -0.342 e. The first-order valence-electron chi connectivity index (χ1n) is 10.0. The van der Waals surface area contributed by atoms with Crippen molar-refractivity contribution >= 4 is 46.2 Å². The fourth-order valence-corrected chi connectivity index (χ4v) is 3.59. The molecule has 0 aliphatic heterocycles. The number of carbonyl (C=O) groups is 2. The predicted octanol–water partition coefficient (Wildman–Crippen LogP) is 5.07. The number of carbonyl (C=O) groups excluding carboxylic acids is 2. The van der Waals surface area contributed by atoms with E-state index in [9.17, 15) is 9.59 Å². The van der Waals surface area contributed by atoms with E-state index in [0.717, 1.165) is 22.0 Å². The SMILES string of the molecule is CC(=O)Nc1cccc(C(=O)NN=Cc2cn(Cc3ccc(Cl)cc3)c3ccccc23)c1. The van der Waals surface area contributed by atoms with Gasteiger partial charge in [0.2, 0.25) is 5.91 Å². The molecule has 0 saturated heterocycles. The molecule has 0 saturated carbocycles. The van der Waals surface area contributed by atoms with Gasteiger partial charge in [-0.15, -0.1) is 0 Å². The maximum Gasteiger partial charge on any atom is 0.271 e. The van der Waals surface area contributed by atoms with Gasteiger partial charge in [-0.05, 0) is 42.0 Å². The van der Waals surface area contributed by atoms with Crippen LogP contribution in [0.15, 0.2) is 84.1 Å². The van der Waals surface area contributed by atoms with E-state index in [-0.39, 0.29) is 11.8 Å². The number of rotatable bonds is 6. The van der Waals surface area contributed by atoms with E-state index in [1.165, 1.54) is 6.92 Å². The molecule has 32 heavy (non-hydrogen) atoms. The van der Waals surface area contributed by atoms with Crippen LogP contribution in [0.1, 0.15) is 28.4 Å². The third-order valence-corrected chi connectivity index (χ3v) is 5.15. The number of hydrazone groups is 1. The van der Waals surface area contributed by atoms with Gasteiger partial charge in [-0.25, -0.2) is 5.43 Å². The normalized spacial score (nSPS) is 11.1. The van der Waals surface area contributed by atoms with Crippen molar-refractivity contribution in [1.29, 1.82) is 0 Å². The lowest BCUT2D eigenvalue weighted by atomic mass is 10.2. The van der Waals surface area contributed by atoms with Crippen molar-refractivity contribution in [3.05, 3.63) is 101 Å². The molecule has 1 heterocycles. The summed E-state index contributed by atoms with van der Waals surface area (Å²) in [5.41, 5.74) is 6.60. The lowest BCUT2D eigenvalue weighted by Gasteiger charge is -2.05. The molecule has 0 bridgehead atoms. The molecule has 1 aromatic heterocycles. The van der Waals surface area contributed by atoms with Crippen molar-refractivity contribution in [3.63, 3.8) is 0 Å². The van der Waals surface area contributed by atoms with Crippen molar-refractivity contribution in [2.45, 2.75) is 13.5 Å². The summed E-state index contributed by atoms with van der Waals surface area (Å²) in [7, 11) is 0. The molecule has 2 amide bonds. The molecule has 0 aliphatic carbocycles. The van der Waals surface area contributed by atoms with Crippen LogP contribution >= 0.6 is 11.6 Å². The van der Waals surface area contributed by atoms with Crippen molar-refractivity contribution < 1.29 is 9.59 Å². The summed E-state index contributed by atoms with van der Waals surface area (Å²) in [6.45, 7) is 2.11. The minimum absolute atomic E-state index is 0.199. The Morgan fingerprint density at radius 3 is 2.59 bits per heavy atom. The first-order valence-corrected chi connectivity index (χ1v) is 10.4. The lowest BCUT2D eigenvalue weighted by molar-refractivity contribution is -0.114. The zero-order valence-electron chi connectivity index (χ0n) is 17.4. The molecule has 0 atom stereocenters. The van der Waals surface area contributed by atoms with Crippen LogP contribution in [0.3, 0.4) is 0 Å². The summed E-state index contributed by atoms with van der Waals surface area (Å²) < 4.78 is 2.14. The number of benzene rings is 3. The van der Waals surface area contributed by atoms with Crippen LogP contribution in [-0.2, 0) is 11.3 Å². The molecule has 6 nitrogen and oxygen atoms in total. The number of anilines is 1. The molecule has 2 N–H and O–H groups in total. The average Bonchev–Trinajstić information content (AvgIpc) is 3.12. The molecule has 160 valence electrons. The van der Waals surface area contributed by atoms with E-state index in [2.05, 4.69) is 26.5 Å². The van der Waals surface area contributed by atoms with Crippen molar-refractivity contribution in [1.82, 2.24) is 9.99 Å². The molecule has 0 spiro atoms. The quantitative estimate of drug-likeness (QED) is 0.322. The Balaban J connectivity index is 1.52. The van der Waals surface area contributed by atoms with Crippen molar-refractivity contribution in [3.8, 4) is 0 Å². The van der Waals surface area contributed by atoms with Gasteiger partial charge in [-0.1, -0.05) is 48.0 Å².